The van der Waals surface area contributed by atoms with E-state index in [2.05, 4.69) is 15.4 Å². The number of nitrogens with one attached hydrogen (secondary N) is 1. The molecule has 0 saturated heterocycles. The van der Waals surface area contributed by atoms with E-state index in [1.807, 2.05) is 20.8 Å². The fraction of sp³-hybridized carbons (Fsp3) is 0.316. The monoisotopic (exact) mass is 356 g/mol. The zero-order valence-corrected chi connectivity index (χ0v) is 15.0. The van der Waals surface area contributed by atoms with Crippen molar-refractivity contribution >= 4 is 16.9 Å². The van der Waals surface area contributed by atoms with Crippen LogP contribution < -0.4 is 10.1 Å². The number of ether oxygens (including phenoxy) is 1. The summed E-state index contributed by atoms with van der Waals surface area (Å²) in [5, 5.41) is 7.83. The maximum Gasteiger partial charge on any atom is 0.252 e. The lowest BCUT2D eigenvalue weighted by atomic mass is 10.1. The lowest BCUT2D eigenvalue weighted by Gasteiger charge is -2.10. The van der Waals surface area contributed by atoms with Gasteiger partial charge in [0.1, 0.15) is 6.61 Å². The van der Waals surface area contributed by atoms with Crippen molar-refractivity contribution in [2.75, 3.05) is 13.2 Å². The van der Waals surface area contributed by atoms with E-state index in [-0.39, 0.29) is 30.9 Å². The van der Waals surface area contributed by atoms with Crippen LogP contribution in [0.4, 0.5) is 4.39 Å². The maximum absolute atomic E-state index is 13.5. The Bertz CT molecular complexity index is 936. The van der Waals surface area contributed by atoms with Crippen LogP contribution in [0.2, 0.25) is 0 Å². The molecule has 0 atom stereocenters. The van der Waals surface area contributed by atoms with Crippen LogP contribution in [0.25, 0.3) is 11.0 Å². The third-order valence-corrected chi connectivity index (χ3v) is 3.91. The van der Waals surface area contributed by atoms with Crippen LogP contribution >= 0.6 is 0 Å². The third kappa shape index (κ3) is 3.66. The molecule has 0 radical (unpaired) electrons. The zero-order valence-electron chi connectivity index (χ0n) is 15.0. The molecule has 136 valence electrons. The van der Waals surface area contributed by atoms with Gasteiger partial charge < -0.3 is 10.1 Å². The van der Waals surface area contributed by atoms with Crippen LogP contribution in [0.15, 0.2) is 36.5 Å². The van der Waals surface area contributed by atoms with Crippen LogP contribution in [-0.4, -0.2) is 33.8 Å². The molecule has 1 amide bonds. The largest absolute Gasteiger partial charge is 0.489 e. The Balaban J connectivity index is 1.69. The molecular weight excluding hydrogens is 335 g/mol. The fourth-order valence-electron chi connectivity index (χ4n) is 2.69. The first kappa shape index (κ1) is 17.8. The number of carbonyl (C=O) groups is 1. The minimum Gasteiger partial charge on any atom is -0.489 e. The molecule has 2 aromatic heterocycles. The van der Waals surface area contributed by atoms with Crippen molar-refractivity contribution in [1.82, 2.24) is 20.1 Å². The minimum atomic E-state index is -0.425. The highest BCUT2D eigenvalue weighted by atomic mass is 19.1. The summed E-state index contributed by atoms with van der Waals surface area (Å²) in [6.45, 7) is 6.29. The second-order valence-corrected chi connectivity index (χ2v) is 6.27. The number of aromatic nitrogens is 3. The predicted octanol–water partition coefficient (Wildman–Crippen LogP) is 3.27. The van der Waals surface area contributed by atoms with E-state index in [1.54, 1.807) is 35.1 Å². The van der Waals surface area contributed by atoms with Crippen LogP contribution in [0.3, 0.4) is 0 Å². The number of pyridine rings is 1. The predicted molar refractivity (Wildman–Crippen MR) is 96.9 cm³/mol. The molecule has 7 heteroatoms. The van der Waals surface area contributed by atoms with E-state index in [1.165, 1.54) is 6.07 Å². The van der Waals surface area contributed by atoms with E-state index in [0.717, 1.165) is 5.69 Å². The summed E-state index contributed by atoms with van der Waals surface area (Å²) in [7, 11) is 0. The summed E-state index contributed by atoms with van der Waals surface area (Å²) < 4.78 is 20.6. The molecule has 1 N–H and O–H groups in total. The van der Waals surface area contributed by atoms with Crippen LogP contribution in [0.5, 0.6) is 5.75 Å². The van der Waals surface area contributed by atoms with Crippen molar-refractivity contribution in [2.24, 2.45) is 0 Å². The third-order valence-electron chi connectivity index (χ3n) is 3.91. The smallest absolute Gasteiger partial charge is 0.252 e. The van der Waals surface area contributed by atoms with E-state index in [4.69, 9.17) is 4.74 Å². The van der Waals surface area contributed by atoms with Gasteiger partial charge >= 0.3 is 0 Å². The molecule has 26 heavy (non-hydrogen) atoms. The van der Waals surface area contributed by atoms with E-state index in [9.17, 15) is 9.18 Å². The molecule has 0 spiro atoms. The van der Waals surface area contributed by atoms with Crippen molar-refractivity contribution in [2.45, 2.75) is 26.8 Å². The van der Waals surface area contributed by atoms with Crippen LogP contribution in [-0.2, 0) is 0 Å². The standard InChI is InChI=1S/C19H21FN4O2/c1-12(2)24-18-15(11-22-24)14(10-13(3)23-18)19(25)21-8-9-26-17-7-5-4-6-16(17)20/h4-7,10-12H,8-9H2,1-3H3,(H,21,25). The molecular formula is C19H21FN4O2. The lowest BCUT2D eigenvalue weighted by molar-refractivity contribution is 0.0948. The van der Waals surface area contributed by atoms with E-state index < -0.39 is 5.82 Å². The number of rotatable bonds is 6. The number of hydrogen-bond donors (Lipinski definition) is 1. The van der Waals surface area contributed by atoms with Gasteiger partial charge in [-0.1, -0.05) is 12.1 Å². The molecule has 0 bridgehead atoms. The van der Waals surface area contributed by atoms with Gasteiger partial charge in [-0.15, -0.1) is 0 Å². The Kier molecular flexibility index (Phi) is 5.16. The van der Waals surface area contributed by atoms with Gasteiger partial charge in [0.2, 0.25) is 0 Å². The highest BCUT2D eigenvalue weighted by molar-refractivity contribution is 6.05. The number of halogens is 1. The molecule has 0 fully saturated rings. The molecule has 3 aromatic rings. The SMILES string of the molecule is Cc1cc(C(=O)NCCOc2ccccc2F)c2cnn(C(C)C)c2n1. The second-order valence-electron chi connectivity index (χ2n) is 6.27. The maximum atomic E-state index is 13.5. The first-order chi connectivity index (χ1) is 12.5. The van der Waals surface area contributed by atoms with Gasteiger partial charge in [0, 0.05) is 11.7 Å². The molecule has 3 rings (SSSR count). The number of fused-ring (bicyclic) bond motifs is 1. The van der Waals surface area contributed by atoms with Crippen LogP contribution in [0.1, 0.15) is 35.9 Å². The molecule has 6 nitrogen and oxygen atoms in total. The first-order valence-electron chi connectivity index (χ1n) is 8.47. The summed E-state index contributed by atoms with van der Waals surface area (Å²) in [4.78, 5) is 17.1. The lowest BCUT2D eigenvalue weighted by Crippen LogP contribution is -2.28. The summed E-state index contributed by atoms with van der Waals surface area (Å²) in [6.07, 6.45) is 1.66. The molecule has 0 saturated carbocycles. The molecule has 0 unspecified atom stereocenters. The van der Waals surface area contributed by atoms with Crippen molar-refractivity contribution in [3.63, 3.8) is 0 Å². The number of benzene rings is 1. The van der Waals surface area contributed by atoms with E-state index in [0.29, 0.717) is 16.6 Å². The van der Waals surface area contributed by atoms with E-state index >= 15 is 0 Å². The topological polar surface area (TPSA) is 69.0 Å². The van der Waals surface area contributed by atoms with Crippen molar-refractivity contribution in [3.05, 3.63) is 53.6 Å². The summed E-state index contributed by atoms with van der Waals surface area (Å²) in [6, 6.07) is 8.05. The van der Waals surface area contributed by atoms with Crippen molar-refractivity contribution in [1.29, 1.82) is 0 Å². The van der Waals surface area contributed by atoms with Gasteiger partial charge in [0.15, 0.2) is 17.2 Å². The number of para-hydroxylation sites is 1. The van der Waals surface area contributed by atoms with Gasteiger partial charge in [0.05, 0.1) is 23.7 Å². The number of hydrogen-bond acceptors (Lipinski definition) is 4. The van der Waals surface area contributed by atoms with Crippen molar-refractivity contribution in [3.8, 4) is 5.75 Å². The molecule has 1 aromatic carbocycles. The average Bonchev–Trinajstić information content (AvgIpc) is 3.03. The summed E-state index contributed by atoms with van der Waals surface area (Å²) in [5.74, 6) is -0.491. The number of amides is 1. The number of nitrogens with zero attached hydrogens (tertiary/aromatic N) is 3. The average molecular weight is 356 g/mol. The van der Waals surface area contributed by atoms with Gasteiger partial charge in [-0.2, -0.15) is 5.10 Å². The Morgan fingerprint density at radius 3 is 2.85 bits per heavy atom. The minimum absolute atomic E-state index is 0.145. The molecule has 0 aliphatic carbocycles. The fourth-order valence-corrected chi connectivity index (χ4v) is 2.69. The van der Waals surface area contributed by atoms with Crippen molar-refractivity contribution < 1.29 is 13.9 Å². The summed E-state index contributed by atoms with van der Waals surface area (Å²) >= 11 is 0. The Morgan fingerprint density at radius 2 is 2.12 bits per heavy atom. The highest BCUT2D eigenvalue weighted by Crippen LogP contribution is 2.21. The molecule has 0 aliphatic rings. The molecule has 2 heterocycles. The number of carbonyl (C=O) groups excluding carboxylic acids is 1. The van der Waals surface area contributed by atoms with Gasteiger partial charge in [-0.05, 0) is 39.0 Å². The molecule has 0 aliphatic heterocycles. The summed E-state index contributed by atoms with van der Waals surface area (Å²) in [5.41, 5.74) is 1.95. The quantitative estimate of drug-likeness (QED) is 0.688. The number of aryl methyl sites for hydroxylation is 1. The normalized spacial score (nSPS) is 11.1. The highest BCUT2D eigenvalue weighted by Gasteiger charge is 2.16. The first-order valence-corrected chi connectivity index (χ1v) is 8.47. The van der Waals surface area contributed by atoms with Gasteiger partial charge in [0.25, 0.3) is 5.91 Å². The Hall–Kier alpha value is -2.96. The van der Waals surface area contributed by atoms with Crippen LogP contribution in [0, 0.1) is 12.7 Å². The second kappa shape index (κ2) is 7.51. The van der Waals surface area contributed by atoms with Gasteiger partial charge in [-0.3, -0.25) is 4.79 Å². The van der Waals surface area contributed by atoms with Gasteiger partial charge in [-0.25, -0.2) is 14.1 Å². The zero-order chi connectivity index (χ0) is 18.7. The Labute approximate surface area is 151 Å². The Morgan fingerprint density at radius 1 is 1.35 bits per heavy atom.